The molecule has 4 nitrogen and oxygen atoms in total. The van der Waals surface area contributed by atoms with Gasteiger partial charge in [0.1, 0.15) is 0 Å². The molecule has 0 aromatic carbocycles. The Morgan fingerprint density at radius 2 is 2.39 bits per heavy atom. The van der Waals surface area contributed by atoms with Crippen molar-refractivity contribution in [3.05, 3.63) is 0 Å². The van der Waals surface area contributed by atoms with E-state index in [4.69, 9.17) is 4.74 Å². The van der Waals surface area contributed by atoms with Gasteiger partial charge in [0.05, 0.1) is 19.3 Å². The zero-order chi connectivity index (χ0) is 13.0. The van der Waals surface area contributed by atoms with Gasteiger partial charge in [-0.25, -0.2) is 0 Å². The summed E-state index contributed by atoms with van der Waals surface area (Å²) in [5, 5.41) is 4.59. The summed E-state index contributed by atoms with van der Waals surface area (Å²) in [5.74, 6) is 1.16. The number of rotatable bonds is 3. The summed E-state index contributed by atoms with van der Waals surface area (Å²) < 4.78 is 5.77. The molecular weight excluding hydrogens is 246 g/mol. The topological polar surface area (TPSA) is 36.9 Å². The molecule has 0 aromatic rings. The van der Waals surface area contributed by atoms with E-state index in [-0.39, 0.29) is 11.6 Å². The molecule has 0 aromatic heterocycles. The maximum atomic E-state index is 5.77. The molecule has 1 unspecified atom stereocenters. The lowest BCUT2D eigenvalue weighted by molar-refractivity contribution is -0.0209. The third-order valence-corrected chi connectivity index (χ3v) is 4.43. The van der Waals surface area contributed by atoms with Gasteiger partial charge in [-0.05, 0) is 26.8 Å². The van der Waals surface area contributed by atoms with Crippen molar-refractivity contribution in [1.29, 1.82) is 0 Å². The molecule has 0 bridgehead atoms. The van der Waals surface area contributed by atoms with Gasteiger partial charge in [0.2, 0.25) is 0 Å². The summed E-state index contributed by atoms with van der Waals surface area (Å²) >= 11 is 1.83. The largest absolute Gasteiger partial charge is 0.374 e. The van der Waals surface area contributed by atoms with Gasteiger partial charge in [-0.1, -0.05) is 18.7 Å². The lowest BCUT2D eigenvalue weighted by Crippen LogP contribution is -2.47. The van der Waals surface area contributed by atoms with Crippen LogP contribution in [0.15, 0.2) is 4.99 Å². The van der Waals surface area contributed by atoms with Crippen LogP contribution in [-0.4, -0.2) is 60.2 Å². The summed E-state index contributed by atoms with van der Waals surface area (Å²) in [6, 6.07) is 0. The third kappa shape index (κ3) is 4.14. The van der Waals surface area contributed by atoms with Crippen LogP contribution in [0.3, 0.4) is 0 Å². The Labute approximate surface area is 115 Å². The number of likely N-dealkylation sites (N-methyl/N-ethyl adjacent to an activating group) is 1. The second kappa shape index (κ2) is 6.26. The average Bonchev–Trinajstić information content (AvgIpc) is 2.35. The third-order valence-electron chi connectivity index (χ3n) is 3.52. The minimum Gasteiger partial charge on any atom is -0.374 e. The summed E-state index contributed by atoms with van der Waals surface area (Å²) in [7, 11) is 0. The molecule has 0 saturated carbocycles. The molecule has 18 heavy (non-hydrogen) atoms. The van der Waals surface area contributed by atoms with Crippen molar-refractivity contribution < 1.29 is 4.74 Å². The Hall–Kier alpha value is -0.260. The van der Waals surface area contributed by atoms with E-state index in [1.54, 1.807) is 0 Å². The standard InChI is InChI=1S/C13H25N3OS/c1-4-16-6-7-17-11(10-16)9-14-12-15-13(2,3)5-8-18-12/h11H,4-10H2,1-3H3,(H,14,15). The highest BCUT2D eigenvalue weighted by molar-refractivity contribution is 8.13. The van der Waals surface area contributed by atoms with Gasteiger partial charge in [0.25, 0.3) is 0 Å². The number of hydrogen-bond donors (Lipinski definition) is 1. The number of hydrogen-bond acceptors (Lipinski definition) is 4. The average molecular weight is 271 g/mol. The predicted molar refractivity (Wildman–Crippen MR) is 78.4 cm³/mol. The molecule has 5 heteroatoms. The van der Waals surface area contributed by atoms with Crippen molar-refractivity contribution in [2.45, 2.75) is 38.8 Å². The van der Waals surface area contributed by atoms with Gasteiger partial charge in [-0.2, -0.15) is 0 Å². The van der Waals surface area contributed by atoms with E-state index in [9.17, 15) is 0 Å². The van der Waals surface area contributed by atoms with Crippen LogP contribution in [0.4, 0.5) is 0 Å². The van der Waals surface area contributed by atoms with Crippen LogP contribution in [0, 0.1) is 0 Å². The Bertz CT molecular complexity index is 307. The van der Waals surface area contributed by atoms with Crippen LogP contribution in [0.2, 0.25) is 0 Å². The van der Waals surface area contributed by atoms with Crippen molar-refractivity contribution >= 4 is 16.9 Å². The first-order chi connectivity index (χ1) is 8.59. The van der Waals surface area contributed by atoms with Crippen molar-refractivity contribution in [2.75, 3.05) is 38.5 Å². The minimum atomic E-state index is 0.187. The van der Waals surface area contributed by atoms with Crippen LogP contribution in [0.1, 0.15) is 27.2 Å². The molecule has 0 radical (unpaired) electrons. The monoisotopic (exact) mass is 271 g/mol. The number of nitrogens with zero attached hydrogens (tertiary/aromatic N) is 2. The number of ether oxygens (including phenoxy) is 1. The van der Waals surface area contributed by atoms with Crippen molar-refractivity contribution in [1.82, 2.24) is 10.2 Å². The Morgan fingerprint density at radius 3 is 3.11 bits per heavy atom. The summed E-state index contributed by atoms with van der Waals surface area (Å²) in [6.07, 6.45) is 1.46. The van der Waals surface area contributed by atoms with Crippen LogP contribution in [0.25, 0.3) is 0 Å². The van der Waals surface area contributed by atoms with Crippen LogP contribution in [0.5, 0.6) is 0 Å². The smallest absolute Gasteiger partial charge is 0.157 e. The molecule has 0 spiro atoms. The lowest BCUT2D eigenvalue weighted by atomic mass is 10.0. The van der Waals surface area contributed by atoms with E-state index in [0.717, 1.165) is 43.7 Å². The van der Waals surface area contributed by atoms with Gasteiger partial charge < -0.3 is 10.1 Å². The molecule has 2 fully saturated rings. The molecule has 2 rings (SSSR count). The maximum Gasteiger partial charge on any atom is 0.157 e. The minimum absolute atomic E-state index is 0.187. The van der Waals surface area contributed by atoms with Gasteiger partial charge in [-0.15, -0.1) is 0 Å². The van der Waals surface area contributed by atoms with E-state index >= 15 is 0 Å². The first-order valence-electron chi connectivity index (χ1n) is 6.88. The number of morpholine rings is 1. The first-order valence-corrected chi connectivity index (χ1v) is 7.87. The molecule has 2 heterocycles. The summed E-state index contributed by atoms with van der Waals surface area (Å²) in [6.45, 7) is 11.5. The van der Waals surface area contributed by atoms with Gasteiger partial charge in [-0.3, -0.25) is 9.89 Å². The van der Waals surface area contributed by atoms with E-state index in [1.165, 1.54) is 6.42 Å². The predicted octanol–water partition coefficient (Wildman–Crippen LogP) is 1.57. The van der Waals surface area contributed by atoms with Crippen LogP contribution < -0.4 is 5.32 Å². The van der Waals surface area contributed by atoms with Crippen molar-refractivity contribution in [2.24, 2.45) is 4.99 Å². The molecule has 1 atom stereocenters. The molecule has 0 amide bonds. The fraction of sp³-hybridized carbons (Fsp3) is 0.923. The summed E-state index contributed by atoms with van der Waals surface area (Å²) in [4.78, 5) is 7.12. The molecule has 2 aliphatic rings. The SMILES string of the molecule is CCN1CCOC(CN=C2NC(C)(C)CCS2)C1. The maximum absolute atomic E-state index is 5.77. The number of aliphatic imine (C=N–C) groups is 1. The fourth-order valence-corrected chi connectivity index (χ4v) is 3.56. The zero-order valence-corrected chi connectivity index (χ0v) is 12.6. The van der Waals surface area contributed by atoms with Crippen molar-refractivity contribution in [3.63, 3.8) is 0 Å². The molecule has 104 valence electrons. The lowest BCUT2D eigenvalue weighted by Gasteiger charge is -2.33. The molecular formula is C13H25N3OS. The normalized spacial score (nSPS) is 31.3. The number of nitrogens with one attached hydrogen (secondary N) is 1. The highest BCUT2D eigenvalue weighted by Crippen LogP contribution is 2.21. The Morgan fingerprint density at radius 1 is 1.56 bits per heavy atom. The summed E-state index contributed by atoms with van der Waals surface area (Å²) in [5.41, 5.74) is 0.187. The van der Waals surface area contributed by atoms with Gasteiger partial charge in [0.15, 0.2) is 5.17 Å². The number of thioether (sulfide) groups is 1. The van der Waals surface area contributed by atoms with Gasteiger partial charge in [0, 0.05) is 24.4 Å². The molecule has 2 saturated heterocycles. The highest BCUT2D eigenvalue weighted by atomic mass is 32.2. The van der Waals surface area contributed by atoms with Crippen molar-refractivity contribution in [3.8, 4) is 0 Å². The van der Waals surface area contributed by atoms with E-state index in [1.807, 2.05) is 11.8 Å². The van der Waals surface area contributed by atoms with E-state index in [0.29, 0.717) is 0 Å². The number of amidine groups is 1. The second-order valence-corrected chi connectivity index (χ2v) is 6.72. The van der Waals surface area contributed by atoms with E-state index < -0.39 is 0 Å². The quantitative estimate of drug-likeness (QED) is 0.845. The van der Waals surface area contributed by atoms with Gasteiger partial charge >= 0.3 is 0 Å². The molecule has 0 aliphatic carbocycles. The van der Waals surface area contributed by atoms with Crippen LogP contribution in [-0.2, 0) is 4.74 Å². The van der Waals surface area contributed by atoms with E-state index in [2.05, 4.69) is 36.0 Å². The second-order valence-electron chi connectivity index (χ2n) is 5.64. The Balaban J connectivity index is 1.82. The highest BCUT2D eigenvalue weighted by Gasteiger charge is 2.25. The Kier molecular flexibility index (Phi) is 4.92. The molecule has 1 N–H and O–H groups in total. The van der Waals surface area contributed by atoms with Crippen LogP contribution >= 0.6 is 11.8 Å². The zero-order valence-electron chi connectivity index (χ0n) is 11.7. The molecule has 2 aliphatic heterocycles. The fourth-order valence-electron chi connectivity index (χ4n) is 2.24. The first kappa shape index (κ1) is 14.2.